The standard InChI is InChI=1S/C15H12N2O5S/c1-22-15(19)13-5-4-12(23-13)14(18)16-7-6-9-2-3-10(17(20)21)8-11(9)16/h2-5,8H,6-7H2,1H3. The van der Waals surface area contributed by atoms with Crippen molar-refractivity contribution in [3.05, 3.63) is 55.8 Å². The Kier molecular flexibility index (Phi) is 3.83. The van der Waals surface area contributed by atoms with Crippen molar-refractivity contribution >= 4 is 34.6 Å². The number of anilines is 1. The first-order valence-corrected chi connectivity index (χ1v) is 7.60. The number of thiophene rings is 1. The number of benzene rings is 1. The molecule has 1 aromatic heterocycles. The van der Waals surface area contributed by atoms with Crippen molar-refractivity contribution in [2.45, 2.75) is 6.42 Å². The van der Waals surface area contributed by atoms with E-state index < -0.39 is 10.9 Å². The summed E-state index contributed by atoms with van der Waals surface area (Å²) in [7, 11) is 1.28. The van der Waals surface area contributed by atoms with Crippen molar-refractivity contribution in [3.63, 3.8) is 0 Å². The molecule has 7 nitrogen and oxygen atoms in total. The fourth-order valence-corrected chi connectivity index (χ4v) is 3.36. The molecule has 1 aliphatic rings. The van der Waals surface area contributed by atoms with E-state index in [1.54, 1.807) is 12.1 Å². The zero-order valence-corrected chi connectivity index (χ0v) is 13.0. The highest BCUT2D eigenvalue weighted by Crippen LogP contribution is 2.33. The zero-order chi connectivity index (χ0) is 16.6. The van der Waals surface area contributed by atoms with Crippen LogP contribution in [0.2, 0.25) is 0 Å². The second-order valence-corrected chi connectivity index (χ2v) is 6.02. The molecule has 0 N–H and O–H groups in total. The largest absolute Gasteiger partial charge is 0.465 e. The van der Waals surface area contributed by atoms with Crippen LogP contribution in [0.15, 0.2) is 30.3 Å². The molecule has 23 heavy (non-hydrogen) atoms. The van der Waals surface area contributed by atoms with Crippen LogP contribution in [0.4, 0.5) is 11.4 Å². The maximum atomic E-state index is 12.6. The number of methoxy groups -OCH3 is 1. The predicted octanol–water partition coefficient (Wildman–Crippen LogP) is 2.65. The molecule has 8 heteroatoms. The van der Waals surface area contributed by atoms with E-state index in [0.717, 1.165) is 16.9 Å². The third-order valence-electron chi connectivity index (χ3n) is 3.62. The third kappa shape index (κ3) is 2.68. The number of carbonyl (C=O) groups excluding carboxylic acids is 2. The van der Waals surface area contributed by atoms with Crippen molar-refractivity contribution in [2.24, 2.45) is 0 Å². The Morgan fingerprint density at radius 1 is 1.26 bits per heavy atom. The van der Waals surface area contributed by atoms with E-state index in [2.05, 4.69) is 4.74 Å². The fraction of sp³-hybridized carbons (Fsp3) is 0.200. The van der Waals surface area contributed by atoms with Gasteiger partial charge in [0.05, 0.1) is 22.6 Å². The predicted molar refractivity (Wildman–Crippen MR) is 84.1 cm³/mol. The first kappa shape index (κ1) is 15.2. The normalized spacial score (nSPS) is 12.8. The monoisotopic (exact) mass is 332 g/mol. The van der Waals surface area contributed by atoms with Crippen molar-refractivity contribution in [2.75, 3.05) is 18.6 Å². The van der Waals surface area contributed by atoms with E-state index in [9.17, 15) is 19.7 Å². The van der Waals surface area contributed by atoms with Crippen LogP contribution < -0.4 is 4.90 Å². The second kappa shape index (κ2) is 5.81. The molecule has 2 heterocycles. The third-order valence-corrected chi connectivity index (χ3v) is 4.68. The summed E-state index contributed by atoms with van der Waals surface area (Å²) in [6.07, 6.45) is 0.647. The molecule has 0 saturated heterocycles. The molecule has 1 aliphatic heterocycles. The summed E-state index contributed by atoms with van der Waals surface area (Å²) in [5.41, 5.74) is 1.40. The molecule has 0 fully saturated rings. The molecule has 0 unspecified atom stereocenters. The lowest BCUT2D eigenvalue weighted by Crippen LogP contribution is -2.28. The quantitative estimate of drug-likeness (QED) is 0.490. The van der Waals surface area contributed by atoms with Crippen LogP contribution in [0.1, 0.15) is 24.9 Å². The molecule has 0 radical (unpaired) electrons. The lowest BCUT2D eigenvalue weighted by Gasteiger charge is -2.16. The Bertz CT molecular complexity index is 814. The number of ether oxygens (including phenoxy) is 1. The topological polar surface area (TPSA) is 89.8 Å². The molecule has 2 aromatic rings. The lowest BCUT2D eigenvalue weighted by molar-refractivity contribution is -0.384. The first-order valence-electron chi connectivity index (χ1n) is 6.78. The number of nitro groups is 1. The van der Waals surface area contributed by atoms with Gasteiger partial charge in [0.15, 0.2) is 0 Å². The van der Waals surface area contributed by atoms with Gasteiger partial charge in [-0.25, -0.2) is 4.79 Å². The summed E-state index contributed by atoms with van der Waals surface area (Å²) in [6.45, 7) is 0.459. The summed E-state index contributed by atoms with van der Waals surface area (Å²) in [5.74, 6) is -0.768. The van der Waals surface area contributed by atoms with Gasteiger partial charge in [0.25, 0.3) is 11.6 Å². The number of rotatable bonds is 3. The van der Waals surface area contributed by atoms with Gasteiger partial charge >= 0.3 is 5.97 Å². The lowest BCUT2D eigenvalue weighted by atomic mass is 10.1. The van der Waals surface area contributed by atoms with Gasteiger partial charge in [-0.05, 0) is 24.1 Å². The van der Waals surface area contributed by atoms with Gasteiger partial charge in [-0.15, -0.1) is 11.3 Å². The highest BCUT2D eigenvalue weighted by molar-refractivity contribution is 7.16. The molecule has 1 amide bonds. The van der Waals surface area contributed by atoms with Crippen molar-refractivity contribution < 1.29 is 19.2 Å². The van der Waals surface area contributed by atoms with E-state index in [4.69, 9.17) is 0 Å². The van der Waals surface area contributed by atoms with Crippen LogP contribution in [0.25, 0.3) is 0 Å². The summed E-state index contributed by atoms with van der Waals surface area (Å²) in [6, 6.07) is 7.63. The number of amides is 1. The maximum Gasteiger partial charge on any atom is 0.348 e. The van der Waals surface area contributed by atoms with Crippen LogP contribution in [0, 0.1) is 10.1 Å². The van der Waals surface area contributed by atoms with Crippen LogP contribution >= 0.6 is 11.3 Å². The highest BCUT2D eigenvalue weighted by atomic mass is 32.1. The molecule has 0 spiro atoms. The van der Waals surface area contributed by atoms with Crippen molar-refractivity contribution in [3.8, 4) is 0 Å². The van der Waals surface area contributed by atoms with Gasteiger partial charge in [-0.1, -0.05) is 6.07 Å². The summed E-state index contributed by atoms with van der Waals surface area (Å²) in [5, 5.41) is 10.9. The number of carbonyl (C=O) groups is 2. The van der Waals surface area contributed by atoms with Crippen LogP contribution in [-0.2, 0) is 11.2 Å². The molecule has 0 saturated carbocycles. The van der Waals surface area contributed by atoms with Gasteiger partial charge in [0.2, 0.25) is 0 Å². The van der Waals surface area contributed by atoms with Gasteiger partial charge in [-0.2, -0.15) is 0 Å². The molecule has 3 rings (SSSR count). The SMILES string of the molecule is COC(=O)c1ccc(C(=O)N2CCc3ccc([N+](=O)[O-])cc32)s1. The van der Waals surface area contributed by atoms with Crippen molar-refractivity contribution in [1.29, 1.82) is 0 Å². The molecular weight excluding hydrogens is 320 g/mol. The van der Waals surface area contributed by atoms with Crippen LogP contribution in [0.3, 0.4) is 0 Å². The van der Waals surface area contributed by atoms with Gasteiger partial charge in [-0.3, -0.25) is 14.9 Å². The van der Waals surface area contributed by atoms with E-state index in [0.29, 0.717) is 28.4 Å². The number of non-ortho nitro benzene ring substituents is 1. The number of nitrogens with zero attached hydrogens (tertiary/aromatic N) is 2. The summed E-state index contributed by atoms with van der Waals surface area (Å²) in [4.78, 5) is 36.8. The van der Waals surface area contributed by atoms with E-state index in [1.165, 1.54) is 30.2 Å². The smallest absolute Gasteiger partial charge is 0.348 e. The number of fused-ring (bicyclic) bond motifs is 1. The van der Waals surface area contributed by atoms with Gasteiger partial charge in [0.1, 0.15) is 4.88 Å². The zero-order valence-electron chi connectivity index (χ0n) is 12.1. The average Bonchev–Trinajstić information content (AvgIpc) is 3.19. The fourth-order valence-electron chi connectivity index (χ4n) is 2.49. The number of hydrogen-bond acceptors (Lipinski definition) is 6. The Labute approximate surface area is 135 Å². The van der Waals surface area contributed by atoms with Gasteiger partial charge < -0.3 is 9.64 Å². The molecule has 1 aromatic carbocycles. The first-order chi connectivity index (χ1) is 11.0. The minimum absolute atomic E-state index is 0.0510. The van der Waals surface area contributed by atoms with Crippen molar-refractivity contribution in [1.82, 2.24) is 0 Å². The molecule has 0 atom stereocenters. The minimum Gasteiger partial charge on any atom is -0.465 e. The molecular formula is C15H12N2O5S. The Balaban J connectivity index is 1.91. The van der Waals surface area contributed by atoms with E-state index >= 15 is 0 Å². The van der Waals surface area contributed by atoms with E-state index in [1.807, 2.05) is 0 Å². The average molecular weight is 332 g/mol. The number of esters is 1. The summed E-state index contributed by atoms with van der Waals surface area (Å²) < 4.78 is 4.62. The Morgan fingerprint density at radius 3 is 2.70 bits per heavy atom. The molecule has 118 valence electrons. The van der Waals surface area contributed by atoms with Crippen LogP contribution in [-0.4, -0.2) is 30.5 Å². The number of hydrogen-bond donors (Lipinski definition) is 0. The second-order valence-electron chi connectivity index (χ2n) is 4.93. The Morgan fingerprint density at radius 2 is 2.00 bits per heavy atom. The van der Waals surface area contributed by atoms with Gasteiger partial charge in [0, 0.05) is 18.7 Å². The number of nitro benzene ring substituents is 1. The summed E-state index contributed by atoms with van der Waals surface area (Å²) >= 11 is 1.05. The Hall–Kier alpha value is -2.74. The minimum atomic E-state index is -0.494. The highest BCUT2D eigenvalue weighted by Gasteiger charge is 2.28. The molecule has 0 aliphatic carbocycles. The van der Waals surface area contributed by atoms with E-state index in [-0.39, 0.29) is 11.6 Å². The molecule has 0 bridgehead atoms. The maximum absolute atomic E-state index is 12.6. The van der Waals surface area contributed by atoms with Crippen LogP contribution in [0.5, 0.6) is 0 Å².